The van der Waals surface area contributed by atoms with Gasteiger partial charge in [-0.2, -0.15) is 4.98 Å². The summed E-state index contributed by atoms with van der Waals surface area (Å²) in [6.07, 6.45) is 9.55. The smallest absolute Gasteiger partial charge is 0.319 e. The lowest BCUT2D eigenvalue weighted by Crippen LogP contribution is -2.39. The zero-order valence-corrected chi connectivity index (χ0v) is 15.6. The SMILES string of the molecule is O=C(Nc1ccccc1Cc1nc(-c2cccnc2)no1)NC1CCCCC1. The van der Waals surface area contributed by atoms with Gasteiger partial charge < -0.3 is 15.2 Å². The van der Waals surface area contributed by atoms with Gasteiger partial charge in [0.2, 0.25) is 11.7 Å². The minimum atomic E-state index is -0.166. The number of hydrogen-bond donors (Lipinski definition) is 2. The molecule has 2 amide bonds. The fourth-order valence-electron chi connectivity index (χ4n) is 3.49. The highest BCUT2D eigenvalue weighted by atomic mass is 16.5. The standard InChI is InChI=1S/C21H23N5O2/c27-21(23-17-9-2-1-3-10-17)24-18-11-5-4-7-15(18)13-19-25-20(26-28-19)16-8-6-12-22-14-16/h4-8,11-12,14,17H,1-3,9-10,13H2,(H2,23,24,27). The molecule has 7 heteroatoms. The summed E-state index contributed by atoms with van der Waals surface area (Å²) < 4.78 is 5.39. The molecule has 2 N–H and O–H groups in total. The fraction of sp³-hybridized carbons (Fsp3) is 0.333. The second kappa shape index (κ2) is 8.65. The molecule has 4 rings (SSSR count). The van der Waals surface area contributed by atoms with Gasteiger partial charge in [0, 0.05) is 29.7 Å². The van der Waals surface area contributed by atoms with E-state index in [9.17, 15) is 4.79 Å². The zero-order valence-electron chi connectivity index (χ0n) is 15.6. The molecule has 1 saturated carbocycles. The molecule has 2 heterocycles. The van der Waals surface area contributed by atoms with Crippen LogP contribution in [0.5, 0.6) is 0 Å². The molecule has 0 saturated heterocycles. The van der Waals surface area contributed by atoms with Gasteiger partial charge in [-0.1, -0.05) is 42.6 Å². The highest BCUT2D eigenvalue weighted by Crippen LogP contribution is 2.21. The minimum Gasteiger partial charge on any atom is -0.339 e. The van der Waals surface area contributed by atoms with Gasteiger partial charge in [0.25, 0.3) is 0 Å². The van der Waals surface area contributed by atoms with Crippen molar-refractivity contribution in [3.05, 3.63) is 60.2 Å². The first-order valence-electron chi connectivity index (χ1n) is 9.66. The van der Waals surface area contributed by atoms with Crippen molar-refractivity contribution >= 4 is 11.7 Å². The molecule has 1 aliphatic rings. The summed E-state index contributed by atoms with van der Waals surface area (Å²) in [5.74, 6) is 0.990. The molecule has 144 valence electrons. The Balaban J connectivity index is 1.43. The predicted octanol–water partition coefficient (Wildman–Crippen LogP) is 4.18. The van der Waals surface area contributed by atoms with Gasteiger partial charge >= 0.3 is 6.03 Å². The van der Waals surface area contributed by atoms with Crippen LogP contribution >= 0.6 is 0 Å². The number of urea groups is 1. The second-order valence-corrected chi connectivity index (χ2v) is 7.02. The Morgan fingerprint density at radius 2 is 1.96 bits per heavy atom. The van der Waals surface area contributed by atoms with Crippen molar-refractivity contribution in [2.45, 2.75) is 44.6 Å². The highest BCUT2D eigenvalue weighted by Gasteiger charge is 2.17. The van der Waals surface area contributed by atoms with Crippen LogP contribution in [0.4, 0.5) is 10.5 Å². The second-order valence-electron chi connectivity index (χ2n) is 7.02. The molecule has 2 aromatic heterocycles. The maximum atomic E-state index is 12.4. The Labute approximate surface area is 163 Å². The number of nitrogens with zero attached hydrogens (tertiary/aromatic N) is 3. The third-order valence-corrected chi connectivity index (χ3v) is 4.94. The van der Waals surface area contributed by atoms with E-state index in [4.69, 9.17) is 4.52 Å². The molecule has 0 unspecified atom stereocenters. The highest BCUT2D eigenvalue weighted by molar-refractivity contribution is 5.90. The number of anilines is 1. The quantitative estimate of drug-likeness (QED) is 0.696. The van der Waals surface area contributed by atoms with Crippen LogP contribution in [0.1, 0.15) is 43.6 Å². The molecular weight excluding hydrogens is 354 g/mol. The van der Waals surface area contributed by atoms with E-state index in [1.165, 1.54) is 19.3 Å². The first-order valence-corrected chi connectivity index (χ1v) is 9.66. The summed E-state index contributed by atoms with van der Waals surface area (Å²) in [6.45, 7) is 0. The normalized spacial score (nSPS) is 14.6. The third kappa shape index (κ3) is 4.54. The molecule has 1 fully saturated rings. The fourth-order valence-corrected chi connectivity index (χ4v) is 3.49. The summed E-state index contributed by atoms with van der Waals surface area (Å²) in [6, 6.07) is 11.5. The van der Waals surface area contributed by atoms with E-state index in [0.29, 0.717) is 18.1 Å². The van der Waals surface area contributed by atoms with Crippen molar-refractivity contribution in [3.63, 3.8) is 0 Å². The van der Waals surface area contributed by atoms with Gasteiger partial charge in [-0.3, -0.25) is 4.98 Å². The molecule has 1 aromatic carbocycles. The lowest BCUT2D eigenvalue weighted by Gasteiger charge is -2.23. The van der Waals surface area contributed by atoms with Gasteiger partial charge in [0.05, 0.1) is 6.42 Å². The molecule has 0 bridgehead atoms. The van der Waals surface area contributed by atoms with E-state index >= 15 is 0 Å². The number of rotatable bonds is 5. The van der Waals surface area contributed by atoms with Gasteiger partial charge in [-0.05, 0) is 36.6 Å². The number of nitrogens with one attached hydrogen (secondary N) is 2. The Kier molecular flexibility index (Phi) is 5.61. The predicted molar refractivity (Wildman–Crippen MR) is 106 cm³/mol. The average molecular weight is 377 g/mol. The van der Waals surface area contributed by atoms with E-state index in [-0.39, 0.29) is 12.1 Å². The maximum Gasteiger partial charge on any atom is 0.319 e. The molecule has 0 spiro atoms. The maximum absolute atomic E-state index is 12.4. The van der Waals surface area contributed by atoms with Crippen LogP contribution in [0.3, 0.4) is 0 Å². The van der Waals surface area contributed by atoms with Crippen molar-refractivity contribution in [2.75, 3.05) is 5.32 Å². The van der Waals surface area contributed by atoms with Crippen molar-refractivity contribution < 1.29 is 9.32 Å². The van der Waals surface area contributed by atoms with Crippen LogP contribution in [0.15, 0.2) is 53.3 Å². The Bertz CT molecular complexity index is 919. The monoisotopic (exact) mass is 377 g/mol. The summed E-state index contributed by atoms with van der Waals surface area (Å²) in [4.78, 5) is 20.9. The first kappa shape index (κ1) is 18.2. The molecule has 0 aliphatic heterocycles. The lowest BCUT2D eigenvalue weighted by atomic mass is 9.96. The number of hydrogen-bond acceptors (Lipinski definition) is 5. The molecule has 7 nitrogen and oxygen atoms in total. The number of aromatic nitrogens is 3. The van der Waals surface area contributed by atoms with E-state index in [1.54, 1.807) is 12.4 Å². The molecule has 0 radical (unpaired) electrons. The average Bonchev–Trinajstić information content (AvgIpc) is 3.19. The molecule has 1 aliphatic carbocycles. The summed E-state index contributed by atoms with van der Waals surface area (Å²) in [5, 5.41) is 10.1. The molecular formula is C21H23N5O2. The third-order valence-electron chi connectivity index (χ3n) is 4.94. The molecule has 28 heavy (non-hydrogen) atoms. The van der Waals surface area contributed by atoms with Crippen LogP contribution in [-0.4, -0.2) is 27.2 Å². The van der Waals surface area contributed by atoms with Crippen molar-refractivity contribution in [3.8, 4) is 11.4 Å². The zero-order chi connectivity index (χ0) is 19.2. The molecule has 3 aromatic rings. The van der Waals surface area contributed by atoms with Crippen molar-refractivity contribution in [1.82, 2.24) is 20.4 Å². The van der Waals surface area contributed by atoms with E-state index in [0.717, 1.165) is 29.7 Å². The topological polar surface area (TPSA) is 92.9 Å². The van der Waals surface area contributed by atoms with Crippen molar-refractivity contribution in [1.29, 1.82) is 0 Å². The van der Waals surface area contributed by atoms with Crippen LogP contribution in [-0.2, 0) is 6.42 Å². The number of pyridine rings is 1. The van der Waals surface area contributed by atoms with Crippen molar-refractivity contribution in [2.24, 2.45) is 0 Å². The van der Waals surface area contributed by atoms with Crippen LogP contribution in [0.25, 0.3) is 11.4 Å². The van der Waals surface area contributed by atoms with Crippen LogP contribution < -0.4 is 10.6 Å². The number of para-hydroxylation sites is 1. The van der Waals surface area contributed by atoms with E-state index in [1.807, 2.05) is 36.4 Å². The summed E-state index contributed by atoms with van der Waals surface area (Å²) in [5.41, 5.74) is 2.47. The van der Waals surface area contributed by atoms with E-state index < -0.39 is 0 Å². The Morgan fingerprint density at radius 1 is 1.11 bits per heavy atom. The number of carbonyl (C=O) groups excluding carboxylic acids is 1. The van der Waals surface area contributed by atoms with Gasteiger partial charge in [0.15, 0.2) is 0 Å². The van der Waals surface area contributed by atoms with Crippen LogP contribution in [0.2, 0.25) is 0 Å². The molecule has 0 atom stereocenters. The van der Waals surface area contributed by atoms with Crippen LogP contribution in [0, 0.1) is 0 Å². The Hall–Kier alpha value is -3.22. The first-order chi connectivity index (χ1) is 13.8. The summed E-state index contributed by atoms with van der Waals surface area (Å²) >= 11 is 0. The minimum absolute atomic E-state index is 0.166. The van der Waals surface area contributed by atoms with Gasteiger partial charge in [-0.25, -0.2) is 4.79 Å². The van der Waals surface area contributed by atoms with Gasteiger partial charge in [-0.15, -0.1) is 0 Å². The lowest BCUT2D eigenvalue weighted by molar-refractivity contribution is 0.244. The number of benzene rings is 1. The van der Waals surface area contributed by atoms with E-state index in [2.05, 4.69) is 25.8 Å². The number of amides is 2. The summed E-state index contributed by atoms with van der Waals surface area (Å²) in [7, 11) is 0. The van der Waals surface area contributed by atoms with Gasteiger partial charge in [0.1, 0.15) is 0 Å². The Morgan fingerprint density at radius 3 is 2.79 bits per heavy atom. The number of carbonyl (C=O) groups is 1. The largest absolute Gasteiger partial charge is 0.339 e.